The molecule has 102 valence electrons. The van der Waals surface area contributed by atoms with Gasteiger partial charge in [0, 0.05) is 15.4 Å². The van der Waals surface area contributed by atoms with E-state index in [1.165, 1.54) is 37.9 Å². The van der Waals surface area contributed by atoms with E-state index >= 15 is 0 Å². The zero-order valence-electron chi connectivity index (χ0n) is 11.1. The van der Waals surface area contributed by atoms with Crippen LogP contribution in [0.15, 0.2) is 15.2 Å². The summed E-state index contributed by atoms with van der Waals surface area (Å²) in [5, 5.41) is 4.30. The SMILES string of the molecule is CC(C)(C(NN)c1cscc1Br)N1CCCCC1. The molecule has 0 bridgehead atoms. The topological polar surface area (TPSA) is 41.3 Å². The third-order valence-corrected chi connectivity index (χ3v) is 5.75. The molecule has 1 saturated heterocycles. The third-order valence-electron chi connectivity index (χ3n) is 4.00. The Morgan fingerprint density at radius 2 is 2.00 bits per heavy atom. The molecule has 18 heavy (non-hydrogen) atoms. The van der Waals surface area contributed by atoms with Crippen molar-refractivity contribution in [3.05, 3.63) is 20.8 Å². The summed E-state index contributed by atoms with van der Waals surface area (Å²) in [4.78, 5) is 2.56. The van der Waals surface area contributed by atoms with Crippen LogP contribution in [0.4, 0.5) is 0 Å². The average molecular weight is 332 g/mol. The molecule has 1 aliphatic rings. The van der Waals surface area contributed by atoms with Crippen molar-refractivity contribution in [1.82, 2.24) is 10.3 Å². The lowest BCUT2D eigenvalue weighted by molar-refractivity contribution is 0.0607. The zero-order chi connectivity index (χ0) is 13.2. The molecule has 0 amide bonds. The molecule has 0 aliphatic carbocycles. The molecule has 1 atom stereocenters. The van der Waals surface area contributed by atoms with Crippen LogP contribution in [0.3, 0.4) is 0 Å². The van der Waals surface area contributed by atoms with Gasteiger partial charge in [-0.05, 0) is 66.7 Å². The lowest BCUT2D eigenvalue weighted by atomic mass is 9.87. The molecule has 2 rings (SSSR count). The van der Waals surface area contributed by atoms with E-state index < -0.39 is 0 Å². The highest BCUT2D eigenvalue weighted by atomic mass is 79.9. The Kier molecular flexibility index (Phi) is 4.83. The Morgan fingerprint density at radius 1 is 1.33 bits per heavy atom. The summed E-state index contributed by atoms with van der Waals surface area (Å²) in [7, 11) is 0. The predicted molar refractivity (Wildman–Crippen MR) is 81.6 cm³/mol. The lowest BCUT2D eigenvalue weighted by Crippen LogP contribution is -2.55. The summed E-state index contributed by atoms with van der Waals surface area (Å²) in [5.74, 6) is 5.83. The standard InChI is InChI=1S/C13H22BrN3S/c1-13(2,17-6-4-3-5-7-17)12(16-15)10-8-18-9-11(10)14/h8-9,12,16H,3-7,15H2,1-2H3. The van der Waals surface area contributed by atoms with Crippen LogP contribution >= 0.6 is 27.3 Å². The third kappa shape index (κ3) is 2.80. The maximum atomic E-state index is 5.83. The van der Waals surface area contributed by atoms with E-state index in [1.807, 2.05) is 0 Å². The van der Waals surface area contributed by atoms with Crippen LogP contribution in [-0.2, 0) is 0 Å². The van der Waals surface area contributed by atoms with Crippen LogP contribution in [0.1, 0.15) is 44.7 Å². The van der Waals surface area contributed by atoms with E-state index in [0.29, 0.717) is 0 Å². The first-order valence-electron chi connectivity index (χ1n) is 6.50. The van der Waals surface area contributed by atoms with Gasteiger partial charge in [-0.2, -0.15) is 11.3 Å². The number of halogens is 1. The van der Waals surface area contributed by atoms with E-state index in [4.69, 9.17) is 5.84 Å². The first-order chi connectivity index (χ1) is 8.57. The summed E-state index contributed by atoms with van der Waals surface area (Å²) in [6.45, 7) is 6.92. The highest BCUT2D eigenvalue weighted by molar-refractivity contribution is 9.10. The Bertz CT molecular complexity index is 385. The second-order valence-corrected chi connectivity index (χ2v) is 7.07. The maximum Gasteiger partial charge on any atom is 0.0657 e. The molecule has 0 saturated carbocycles. The van der Waals surface area contributed by atoms with Crippen LogP contribution in [0.5, 0.6) is 0 Å². The Balaban J connectivity index is 2.22. The number of piperidine rings is 1. The maximum absolute atomic E-state index is 5.83. The van der Waals surface area contributed by atoms with Crippen LogP contribution in [0, 0.1) is 0 Å². The van der Waals surface area contributed by atoms with E-state index in [2.05, 4.69) is 50.9 Å². The minimum absolute atomic E-state index is 0.0266. The van der Waals surface area contributed by atoms with Gasteiger partial charge in [0.25, 0.3) is 0 Å². The average Bonchev–Trinajstić information content (AvgIpc) is 2.78. The summed E-state index contributed by atoms with van der Waals surface area (Å²) < 4.78 is 1.15. The van der Waals surface area contributed by atoms with E-state index in [9.17, 15) is 0 Å². The van der Waals surface area contributed by atoms with Crippen molar-refractivity contribution in [2.24, 2.45) is 5.84 Å². The highest BCUT2D eigenvalue weighted by Crippen LogP contribution is 2.37. The van der Waals surface area contributed by atoms with Gasteiger partial charge >= 0.3 is 0 Å². The molecule has 0 radical (unpaired) electrons. The van der Waals surface area contributed by atoms with Gasteiger partial charge in [-0.3, -0.25) is 16.2 Å². The number of nitrogens with two attached hydrogens (primary N) is 1. The molecule has 1 unspecified atom stereocenters. The van der Waals surface area contributed by atoms with Gasteiger partial charge in [0.1, 0.15) is 0 Å². The number of hydrazine groups is 1. The molecule has 3 N–H and O–H groups in total. The van der Waals surface area contributed by atoms with Crippen LogP contribution in [0.2, 0.25) is 0 Å². The number of rotatable bonds is 4. The molecule has 1 fully saturated rings. The molecule has 2 heterocycles. The van der Waals surface area contributed by atoms with Crippen LogP contribution in [0.25, 0.3) is 0 Å². The van der Waals surface area contributed by atoms with Crippen molar-refractivity contribution in [3.63, 3.8) is 0 Å². The van der Waals surface area contributed by atoms with Crippen molar-refractivity contribution in [2.75, 3.05) is 13.1 Å². The zero-order valence-corrected chi connectivity index (χ0v) is 13.5. The number of nitrogens with zero attached hydrogens (tertiary/aromatic N) is 1. The van der Waals surface area contributed by atoms with Gasteiger partial charge in [0.15, 0.2) is 0 Å². The van der Waals surface area contributed by atoms with Gasteiger partial charge in [0.2, 0.25) is 0 Å². The molecule has 5 heteroatoms. The first-order valence-corrected chi connectivity index (χ1v) is 8.23. The fourth-order valence-electron chi connectivity index (χ4n) is 2.82. The fourth-order valence-corrected chi connectivity index (χ4v) is 4.38. The van der Waals surface area contributed by atoms with E-state index in [-0.39, 0.29) is 11.6 Å². The Labute approximate surface area is 122 Å². The minimum Gasteiger partial charge on any atom is -0.296 e. The summed E-state index contributed by atoms with van der Waals surface area (Å²) in [6, 6.07) is 0.149. The second-order valence-electron chi connectivity index (χ2n) is 5.48. The van der Waals surface area contributed by atoms with Crippen molar-refractivity contribution in [3.8, 4) is 0 Å². The summed E-state index contributed by atoms with van der Waals surface area (Å²) in [5.41, 5.74) is 4.31. The smallest absolute Gasteiger partial charge is 0.0657 e. The molecule has 1 aliphatic heterocycles. The molecule has 1 aromatic heterocycles. The van der Waals surface area contributed by atoms with Gasteiger partial charge in [0.05, 0.1) is 6.04 Å². The quantitative estimate of drug-likeness (QED) is 0.657. The van der Waals surface area contributed by atoms with Gasteiger partial charge in [-0.15, -0.1) is 0 Å². The summed E-state index contributed by atoms with van der Waals surface area (Å²) in [6.07, 6.45) is 3.95. The highest BCUT2D eigenvalue weighted by Gasteiger charge is 2.37. The van der Waals surface area contributed by atoms with Gasteiger partial charge < -0.3 is 0 Å². The van der Waals surface area contributed by atoms with Crippen molar-refractivity contribution >= 4 is 27.3 Å². The fraction of sp³-hybridized carbons (Fsp3) is 0.692. The summed E-state index contributed by atoms with van der Waals surface area (Å²) >= 11 is 5.33. The Morgan fingerprint density at radius 3 is 2.50 bits per heavy atom. The van der Waals surface area contributed by atoms with Crippen molar-refractivity contribution in [1.29, 1.82) is 0 Å². The lowest BCUT2D eigenvalue weighted by Gasteiger charge is -2.45. The van der Waals surface area contributed by atoms with Crippen molar-refractivity contribution < 1.29 is 0 Å². The number of likely N-dealkylation sites (tertiary alicyclic amines) is 1. The second kappa shape index (κ2) is 6.01. The normalized spacial score (nSPS) is 20.0. The molecule has 0 aromatic carbocycles. The van der Waals surface area contributed by atoms with E-state index in [0.717, 1.165) is 4.47 Å². The number of hydrogen-bond acceptors (Lipinski definition) is 4. The Hall–Kier alpha value is 0.0600. The number of nitrogens with one attached hydrogen (secondary N) is 1. The van der Waals surface area contributed by atoms with E-state index in [1.54, 1.807) is 11.3 Å². The van der Waals surface area contributed by atoms with Gasteiger partial charge in [-0.1, -0.05) is 6.42 Å². The number of thiophene rings is 1. The molecule has 0 spiro atoms. The van der Waals surface area contributed by atoms with Crippen LogP contribution < -0.4 is 11.3 Å². The molecule has 1 aromatic rings. The number of hydrogen-bond donors (Lipinski definition) is 2. The first kappa shape index (κ1) is 14.5. The van der Waals surface area contributed by atoms with Gasteiger partial charge in [-0.25, -0.2) is 0 Å². The monoisotopic (exact) mass is 331 g/mol. The predicted octanol–water partition coefficient (Wildman–Crippen LogP) is 3.28. The van der Waals surface area contributed by atoms with Crippen LogP contribution in [-0.4, -0.2) is 23.5 Å². The van der Waals surface area contributed by atoms with Crippen molar-refractivity contribution in [2.45, 2.75) is 44.7 Å². The molecular weight excluding hydrogens is 310 g/mol. The molecule has 3 nitrogen and oxygen atoms in total. The minimum atomic E-state index is 0.0266. The largest absolute Gasteiger partial charge is 0.296 e. The molecular formula is C13H22BrN3S.